The lowest BCUT2D eigenvalue weighted by Gasteiger charge is -2.26. The number of hydrogen-bond acceptors (Lipinski definition) is 4. The van der Waals surface area contributed by atoms with Gasteiger partial charge < -0.3 is 19.5 Å². The van der Waals surface area contributed by atoms with E-state index in [-0.39, 0.29) is 11.8 Å². The monoisotopic (exact) mass is 279 g/mol. The summed E-state index contributed by atoms with van der Waals surface area (Å²) in [7, 11) is 0. The van der Waals surface area contributed by atoms with E-state index in [1.807, 2.05) is 20.8 Å². The summed E-state index contributed by atoms with van der Waals surface area (Å²) in [5.41, 5.74) is 1.06. The van der Waals surface area contributed by atoms with Crippen molar-refractivity contribution in [2.45, 2.75) is 39.8 Å². The van der Waals surface area contributed by atoms with Crippen LogP contribution >= 0.6 is 0 Å². The lowest BCUT2D eigenvalue weighted by molar-refractivity contribution is 0.0225. The predicted octanol–water partition coefficient (Wildman–Crippen LogP) is 2.83. The van der Waals surface area contributed by atoms with Crippen molar-refractivity contribution in [2.75, 3.05) is 13.2 Å². The molecule has 5 nitrogen and oxygen atoms in total. The van der Waals surface area contributed by atoms with Crippen LogP contribution in [0.2, 0.25) is 0 Å². The molecule has 110 valence electrons. The van der Waals surface area contributed by atoms with Gasteiger partial charge >= 0.3 is 6.09 Å². The molecule has 0 saturated carbocycles. The normalized spacial score (nSPS) is 15.1. The van der Waals surface area contributed by atoms with Gasteiger partial charge in [-0.15, -0.1) is 0 Å². The Morgan fingerprint density at radius 3 is 2.75 bits per heavy atom. The Hall–Kier alpha value is -1.91. The summed E-state index contributed by atoms with van der Waals surface area (Å²) < 4.78 is 11.0. The van der Waals surface area contributed by atoms with E-state index in [4.69, 9.17) is 9.47 Å². The van der Waals surface area contributed by atoms with Crippen LogP contribution in [0.1, 0.15) is 31.9 Å². The van der Waals surface area contributed by atoms with Gasteiger partial charge in [-0.3, -0.25) is 0 Å². The average molecular weight is 279 g/mol. The Morgan fingerprint density at radius 1 is 1.40 bits per heavy atom. The van der Waals surface area contributed by atoms with E-state index in [0.29, 0.717) is 31.0 Å². The molecule has 0 spiro atoms. The molecule has 1 heterocycles. The van der Waals surface area contributed by atoms with Crippen LogP contribution in [-0.4, -0.2) is 34.9 Å². The summed E-state index contributed by atoms with van der Waals surface area (Å²) in [5, 5.41) is 9.71. The van der Waals surface area contributed by atoms with Gasteiger partial charge in [-0.25, -0.2) is 4.79 Å². The van der Waals surface area contributed by atoms with E-state index in [2.05, 4.69) is 0 Å². The Kier molecular flexibility index (Phi) is 3.79. The molecule has 1 aromatic carbocycles. The van der Waals surface area contributed by atoms with Crippen LogP contribution in [0.4, 0.5) is 4.79 Å². The number of fused-ring (bicyclic) bond motifs is 1. The molecule has 5 heteroatoms. The number of benzene rings is 1. The van der Waals surface area contributed by atoms with Crippen molar-refractivity contribution in [1.29, 1.82) is 0 Å². The highest BCUT2D eigenvalue weighted by atomic mass is 16.6. The minimum Gasteiger partial charge on any atom is -0.508 e. The minimum absolute atomic E-state index is 0.203. The van der Waals surface area contributed by atoms with Crippen molar-refractivity contribution in [3.63, 3.8) is 0 Å². The van der Waals surface area contributed by atoms with Crippen LogP contribution < -0.4 is 4.74 Å². The van der Waals surface area contributed by atoms with Gasteiger partial charge in [0.25, 0.3) is 0 Å². The molecular weight excluding hydrogens is 258 g/mol. The molecule has 20 heavy (non-hydrogen) atoms. The molecule has 1 aliphatic heterocycles. The number of phenols is 1. The Labute approximate surface area is 119 Å². The van der Waals surface area contributed by atoms with Crippen LogP contribution in [-0.2, 0) is 11.3 Å². The predicted molar refractivity (Wildman–Crippen MR) is 75.0 cm³/mol. The third-order valence-corrected chi connectivity index (χ3v) is 3.08. The SMILES string of the molecule is Cc1c(O)ccc2c1OCCN(C(=O)OC(C)(C)C)C2. The lowest BCUT2D eigenvalue weighted by atomic mass is 10.1. The second-order valence-corrected chi connectivity index (χ2v) is 5.95. The summed E-state index contributed by atoms with van der Waals surface area (Å²) in [6.45, 7) is 8.60. The number of hydrogen-bond donors (Lipinski definition) is 1. The molecule has 0 bridgehead atoms. The van der Waals surface area contributed by atoms with Crippen molar-refractivity contribution < 1.29 is 19.4 Å². The number of phenolic OH excluding ortho intramolecular Hbond substituents is 1. The smallest absolute Gasteiger partial charge is 0.410 e. The lowest BCUT2D eigenvalue weighted by Crippen LogP contribution is -2.37. The number of aromatic hydroxyl groups is 1. The van der Waals surface area contributed by atoms with E-state index >= 15 is 0 Å². The van der Waals surface area contributed by atoms with Crippen molar-refractivity contribution >= 4 is 6.09 Å². The van der Waals surface area contributed by atoms with Gasteiger partial charge in [0.2, 0.25) is 0 Å². The Morgan fingerprint density at radius 2 is 2.10 bits per heavy atom. The molecule has 0 atom stereocenters. The van der Waals surface area contributed by atoms with Crippen LogP contribution in [0.5, 0.6) is 11.5 Å². The molecule has 0 aliphatic carbocycles. The first kappa shape index (κ1) is 14.5. The zero-order chi connectivity index (χ0) is 14.9. The van der Waals surface area contributed by atoms with Gasteiger partial charge in [-0.1, -0.05) is 0 Å². The molecular formula is C15H21NO4. The van der Waals surface area contributed by atoms with Crippen LogP contribution in [0.15, 0.2) is 12.1 Å². The first-order chi connectivity index (χ1) is 9.28. The van der Waals surface area contributed by atoms with E-state index in [1.165, 1.54) is 0 Å². The van der Waals surface area contributed by atoms with E-state index < -0.39 is 5.60 Å². The summed E-state index contributed by atoms with van der Waals surface area (Å²) in [6.07, 6.45) is -0.348. The Balaban J connectivity index is 2.21. The Bertz CT molecular complexity index is 519. The molecule has 0 fully saturated rings. The quantitative estimate of drug-likeness (QED) is 0.793. The molecule has 1 aromatic rings. The van der Waals surface area contributed by atoms with E-state index in [9.17, 15) is 9.90 Å². The highest BCUT2D eigenvalue weighted by molar-refractivity contribution is 5.68. The van der Waals surface area contributed by atoms with Crippen molar-refractivity contribution in [3.8, 4) is 11.5 Å². The number of ether oxygens (including phenoxy) is 2. The van der Waals surface area contributed by atoms with Gasteiger partial charge in [-0.05, 0) is 39.8 Å². The molecule has 2 rings (SSSR count). The standard InChI is InChI=1S/C15H21NO4/c1-10-12(17)6-5-11-9-16(7-8-19-13(10)11)14(18)20-15(2,3)4/h5-6,17H,7-9H2,1-4H3. The van der Waals surface area contributed by atoms with Gasteiger partial charge in [-0.2, -0.15) is 0 Å². The largest absolute Gasteiger partial charge is 0.508 e. The van der Waals surface area contributed by atoms with Gasteiger partial charge in [0, 0.05) is 11.1 Å². The summed E-state index contributed by atoms with van der Waals surface area (Å²) in [5.74, 6) is 0.866. The van der Waals surface area contributed by atoms with Crippen molar-refractivity contribution in [3.05, 3.63) is 23.3 Å². The zero-order valence-corrected chi connectivity index (χ0v) is 12.4. The molecule has 0 radical (unpaired) electrons. The first-order valence-electron chi connectivity index (χ1n) is 6.70. The summed E-state index contributed by atoms with van der Waals surface area (Å²) in [4.78, 5) is 13.7. The highest BCUT2D eigenvalue weighted by Gasteiger charge is 2.26. The second-order valence-electron chi connectivity index (χ2n) is 5.95. The second kappa shape index (κ2) is 5.23. The average Bonchev–Trinajstić information content (AvgIpc) is 2.54. The number of nitrogens with zero attached hydrogens (tertiary/aromatic N) is 1. The maximum atomic E-state index is 12.1. The number of carbonyl (C=O) groups excluding carboxylic acids is 1. The first-order valence-corrected chi connectivity index (χ1v) is 6.70. The molecule has 0 unspecified atom stereocenters. The molecule has 1 amide bonds. The van der Waals surface area contributed by atoms with Crippen LogP contribution in [0.3, 0.4) is 0 Å². The molecule has 1 N–H and O–H groups in total. The maximum absolute atomic E-state index is 12.1. The van der Waals surface area contributed by atoms with Crippen LogP contribution in [0, 0.1) is 6.92 Å². The minimum atomic E-state index is -0.516. The van der Waals surface area contributed by atoms with Crippen molar-refractivity contribution in [1.82, 2.24) is 4.90 Å². The molecule has 0 aromatic heterocycles. The topological polar surface area (TPSA) is 59.0 Å². The van der Waals surface area contributed by atoms with Crippen molar-refractivity contribution in [2.24, 2.45) is 0 Å². The third-order valence-electron chi connectivity index (χ3n) is 3.08. The highest BCUT2D eigenvalue weighted by Crippen LogP contribution is 2.33. The van der Waals surface area contributed by atoms with Gasteiger partial charge in [0.15, 0.2) is 0 Å². The van der Waals surface area contributed by atoms with E-state index in [1.54, 1.807) is 24.0 Å². The van der Waals surface area contributed by atoms with E-state index in [0.717, 1.165) is 5.56 Å². The van der Waals surface area contributed by atoms with Gasteiger partial charge in [0.05, 0.1) is 13.1 Å². The number of rotatable bonds is 0. The fraction of sp³-hybridized carbons (Fsp3) is 0.533. The fourth-order valence-electron chi connectivity index (χ4n) is 2.09. The van der Waals surface area contributed by atoms with Gasteiger partial charge in [0.1, 0.15) is 23.7 Å². The van der Waals surface area contributed by atoms with Crippen LogP contribution in [0.25, 0.3) is 0 Å². The molecule has 1 aliphatic rings. The molecule has 0 saturated heterocycles. The number of carbonyl (C=O) groups is 1. The maximum Gasteiger partial charge on any atom is 0.410 e. The summed E-state index contributed by atoms with van der Waals surface area (Å²) >= 11 is 0. The third kappa shape index (κ3) is 3.15. The number of amides is 1. The summed E-state index contributed by atoms with van der Waals surface area (Å²) in [6, 6.07) is 3.40. The fourth-order valence-corrected chi connectivity index (χ4v) is 2.09. The zero-order valence-electron chi connectivity index (χ0n) is 12.4.